The summed E-state index contributed by atoms with van der Waals surface area (Å²) in [6, 6.07) is 5.91. The molecule has 114 valence electrons. The highest BCUT2D eigenvalue weighted by Crippen LogP contribution is 2.60. The predicted molar refractivity (Wildman–Crippen MR) is 82.1 cm³/mol. The van der Waals surface area contributed by atoms with Gasteiger partial charge in [-0.25, -0.2) is 0 Å². The van der Waals surface area contributed by atoms with Crippen molar-refractivity contribution in [3.63, 3.8) is 0 Å². The van der Waals surface area contributed by atoms with E-state index in [0.717, 1.165) is 25.7 Å². The van der Waals surface area contributed by atoms with Crippen LogP contribution in [0.5, 0.6) is 5.75 Å². The Balaban J connectivity index is 1.76. The van der Waals surface area contributed by atoms with Crippen LogP contribution in [0.1, 0.15) is 49.7 Å². The Morgan fingerprint density at radius 3 is 2.86 bits per heavy atom. The van der Waals surface area contributed by atoms with E-state index in [4.69, 9.17) is 5.73 Å². The van der Waals surface area contributed by atoms with Gasteiger partial charge in [0.1, 0.15) is 5.75 Å². The van der Waals surface area contributed by atoms with Crippen LogP contribution in [0.2, 0.25) is 0 Å². The molecule has 3 aliphatic rings. The number of hydrogen-bond acceptors (Lipinski definition) is 3. The molecule has 0 spiro atoms. The lowest BCUT2D eigenvalue weighted by atomic mass is 9.54. The molecular formula is C18H25NO2. The lowest BCUT2D eigenvalue weighted by Gasteiger charge is -2.52. The first-order valence-corrected chi connectivity index (χ1v) is 8.26. The summed E-state index contributed by atoms with van der Waals surface area (Å²) in [7, 11) is 0. The van der Waals surface area contributed by atoms with E-state index in [1.807, 2.05) is 12.1 Å². The molecule has 4 rings (SSSR count). The standard InChI is InChI=1S/C18H25NO2/c1-18-9-15(21)17-12-5-3-11(20)8-10(12)2-4-13(17)14(18)6-7-16(18)19/h3,5,8,13-17,20-21H,2,4,6-7,9,19H2,1H3. The first kappa shape index (κ1) is 13.6. The molecular weight excluding hydrogens is 262 g/mol. The van der Waals surface area contributed by atoms with Crippen molar-refractivity contribution in [2.75, 3.05) is 0 Å². The zero-order valence-electron chi connectivity index (χ0n) is 12.6. The first-order chi connectivity index (χ1) is 10.0. The number of aryl methyl sites for hydroxylation is 1. The highest BCUT2D eigenvalue weighted by atomic mass is 16.3. The first-order valence-electron chi connectivity index (χ1n) is 8.26. The van der Waals surface area contributed by atoms with Crippen molar-refractivity contribution in [1.82, 2.24) is 0 Å². The minimum atomic E-state index is -0.302. The Bertz CT molecular complexity index is 572. The van der Waals surface area contributed by atoms with E-state index in [9.17, 15) is 10.2 Å². The Hall–Kier alpha value is -1.06. The van der Waals surface area contributed by atoms with Crippen LogP contribution in [0.4, 0.5) is 0 Å². The van der Waals surface area contributed by atoms with Crippen molar-refractivity contribution in [2.45, 2.75) is 57.1 Å². The van der Waals surface area contributed by atoms with Crippen LogP contribution >= 0.6 is 0 Å². The monoisotopic (exact) mass is 287 g/mol. The van der Waals surface area contributed by atoms with Gasteiger partial charge in [-0.05, 0) is 72.6 Å². The normalized spacial score (nSPS) is 44.8. The highest BCUT2D eigenvalue weighted by molar-refractivity contribution is 5.41. The van der Waals surface area contributed by atoms with Crippen molar-refractivity contribution in [3.8, 4) is 5.75 Å². The van der Waals surface area contributed by atoms with E-state index < -0.39 is 0 Å². The Morgan fingerprint density at radius 1 is 1.24 bits per heavy atom. The van der Waals surface area contributed by atoms with E-state index in [1.165, 1.54) is 17.5 Å². The van der Waals surface area contributed by atoms with Gasteiger partial charge in [0.05, 0.1) is 6.10 Å². The predicted octanol–water partition coefficient (Wildman–Crippen LogP) is 2.55. The van der Waals surface area contributed by atoms with Gasteiger partial charge >= 0.3 is 0 Å². The van der Waals surface area contributed by atoms with Crippen LogP contribution in [0.15, 0.2) is 18.2 Å². The minimum absolute atomic E-state index is 0.106. The van der Waals surface area contributed by atoms with Crippen LogP contribution in [-0.2, 0) is 6.42 Å². The number of phenolic OH excluding ortho intramolecular Hbond substituents is 1. The molecule has 1 aromatic carbocycles. The Labute approximate surface area is 126 Å². The maximum atomic E-state index is 10.8. The van der Waals surface area contributed by atoms with Gasteiger partial charge in [0.15, 0.2) is 0 Å². The molecule has 1 aromatic rings. The van der Waals surface area contributed by atoms with Gasteiger partial charge < -0.3 is 15.9 Å². The summed E-state index contributed by atoms with van der Waals surface area (Å²) in [4.78, 5) is 0. The molecule has 6 unspecified atom stereocenters. The number of hydrogen-bond donors (Lipinski definition) is 3. The molecule has 0 amide bonds. The fourth-order valence-electron chi connectivity index (χ4n) is 5.69. The molecule has 0 heterocycles. The third-order valence-electron chi connectivity index (χ3n) is 6.76. The summed E-state index contributed by atoms with van der Waals surface area (Å²) in [5.74, 6) is 1.76. The molecule has 0 aliphatic heterocycles. The van der Waals surface area contributed by atoms with E-state index in [-0.39, 0.29) is 23.5 Å². The number of aliphatic hydroxyl groups excluding tert-OH is 1. The number of benzene rings is 1. The third-order valence-corrected chi connectivity index (χ3v) is 6.76. The van der Waals surface area contributed by atoms with Gasteiger partial charge in [0, 0.05) is 12.0 Å². The Morgan fingerprint density at radius 2 is 2.05 bits per heavy atom. The van der Waals surface area contributed by atoms with Crippen LogP contribution in [0.25, 0.3) is 0 Å². The molecule has 0 aromatic heterocycles. The van der Waals surface area contributed by atoms with Crippen LogP contribution in [0, 0.1) is 17.3 Å². The lowest BCUT2D eigenvalue weighted by molar-refractivity contribution is -0.0427. The molecule has 3 aliphatic carbocycles. The maximum Gasteiger partial charge on any atom is 0.115 e. The second-order valence-electron chi connectivity index (χ2n) is 7.68. The van der Waals surface area contributed by atoms with Gasteiger partial charge in [-0.3, -0.25) is 0 Å². The Kier molecular flexibility index (Phi) is 2.89. The number of nitrogens with two attached hydrogens (primary N) is 1. The number of phenols is 1. The van der Waals surface area contributed by atoms with Crippen LogP contribution < -0.4 is 5.73 Å². The molecule has 0 radical (unpaired) electrons. The fourth-order valence-corrected chi connectivity index (χ4v) is 5.69. The topological polar surface area (TPSA) is 66.5 Å². The van der Waals surface area contributed by atoms with Crippen molar-refractivity contribution in [3.05, 3.63) is 29.3 Å². The summed E-state index contributed by atoms with van der Waals surface area (Å²) in [5.41, 5.74) is 8.97. The average molecular weight is 287 g/mol. The fraction of sp³-hybridized carbons (Fsp3) is 0.667. The summed E-state index contributed by atoms with van der Waals surface area (Å²) in [5, 5.41) is 20.5. The molecule has 21 heavy (non-hydrogen) atoms. The highest BCUT2D eigenvalue weighted by Gasteiger charge is 2.56. The van der Waals surface area contributed by atoms with Gasteiger partial charge in [-0.2, -0.15) is 0 Å². The molecule has 4 N–H and O–H groups in total. The van der Waals surface area contributed by atoms with Crippen molar-refractivity contribution < 1.29 is 10.2 Å². The van der Waals surface area contributed by atoms with Crippen molar-refractivity contribution >= 4 is 0 Å². The molecule has 2 fully saturated rings. The largest absolute Gasteiger partial charge is 0.508 e. The molecule has 0 saturated heterocycles. The number of aliphatic hydroxyl groups is 1. The summed E-state index contributed by atoms with van der Waals surface area (Å²) in [6.45, 7) is 2.29. The van der Waals surface area contributed by atoms with Gasteiger partial charge in [0.25, 0.3) is 0 Å². The number of rotatable bonds is 0. The second kappa shape index (κ2) is 4.47. The molecule has 0 bridgehead atoms. The van der Waals surface area contributed by atoms with Gasteiger partial charge in [-0.15, -0.1) is 0 Å². The van der Waals surface area contributed by atoms with E-state index in [1.54, 1.807) is 6.07 Å². The summed E-state index contributed by atoms with van der Waals surface area (Å²) >= 11 is 0. The molecule has 6 atom stereocenters. The zero-order valence-corrected chi connectivity index (χ0v) is 12.6. The third kappa shape index (κ3) is 1.80. The zero-order chi connectivity index (χ0) is 14.8. The maximum absolute atomic E-state index is 10.8. The van der Waals surface area contributed by atoms with Crippen LogP contribution in [0.3, 0.4) is 0 Å². The molecule has 2 saturated carbocycles. The minimum Gasteiger partial charge on any atom is -0.508 e. The number of aromatic hydroxyl groups is 1. The smallest absolute Gasteiger partial charge is 0.115 e. The second-order valence-corrected chi connectivity index (χ2v) is 7.68. The molecule has 3 heteroatoms. The van der Waals surface area contributed by atoms with Crippen molar-refractivity contribution in [2.24, 2.45) is 23.0 Å². The van der Waals surface area contributed by atoms with E-state index in [0.29, 0.717) is 17.6 Å². The van der Waals surface area contributed by atoms with Gasteiger partial charge in [0.2, 0.25) is 0 Å². The number of fused-ring (bicyclic) bond motifs is 5. The summed E-state index contributed by atoms with van der Waals surface area (Å²) < 4.78 is 0. The average Bonchev–Trinajstić information content (AvgIpc) is 2.74. The summed E-state index contributed by atoms with van der Waals surface area (Å²) in [6.07, 6.45) is 4.95. The van der Waals surface area contributed by atoms with Crippen LogP contribution in [-0.4, -0.2) is 22.4 Å². The van der Waals surface area contributed by atoms with E-state index >= 15 is 0 Å². The SMILES string of the molecule is CC12CC(O)C3c4ccc(O)cc4CCC3C1CCC2N. The molecule has 3 nitrogen and oxygen atoms in total. The van der Waals surface area contributed by atoms with E-state index in [2.05, 4.69) is 6.92 Å². The van der Waals surface area contributed by atoms with Gasteiger partial charge in [-0.1, -0.05) is 13.0 Å². The quantitative estimate of drug-likeness (QED) is 0.687. The lowest BCUT2D eigenvalue weighted by Crippen LogP contribution is -2.51. The van der Waals surface area contributed by atoms with Crippen molar-refractivity contribution in [1.29, 1.82) is 0 Å².